The highest BCUT2D eigenvalue weighted by molar-refractivity contribution is 5.93. The van der Waals surface area contributed by atoms with E-state index in [1.807, 2.05) is 0 Å². The average Bonchev–Trinajstić information content (AvgIpc) is 2.46. The molecule has 0 saturated carbocycles. The molecule has 108 valence electrons. The molecule has 1 aromatic rings. The lowest BCUT2D eigenvalue weighted by molar-refractivity contribution is -0.141. The van der Waals surface area contributed by atoms with Crippen LogP contribution in [0.4, 0.5) is 11.4 Å². The molecule has 6 nitrogen and oxygen atoms in total. The smallest absolute Gasteiger partial charge is 0.306 e. The van der Waals surface area contributed by atoms with Crippen molar-refractivity contribution in [2.45, 2.75) is 26.2 Å². The molecule has 2 N–H and O–H groups in total. The first-order valence-electron chi connectivity index (χ1n) is 6.31. The first-order chi connectivity index (χ1) is 9.55. The second-order valence-corrected chi connectivity index (χ2v) is 4.10. The number of nitrogens with one attached hydrogen (secondary N) is 2. The minimum absolute atomic E-state index is 0.0486. The minimum atomic E-state index is -0.419. The first kappa shape index (κ1) is 15.7. The zero-order valence-corrected chi connectivity index (χ0v) is 11.6. The Hall–Kier alpha value is -2.37. The summed E-state index contributed by atoms with van der Waals surface area (Å²) in [4.78, 5) is 33.7. The quantitative estimate of drug-likeness (QED) is 0.779. The maximum absolute atomic E-state index is 11.6. The van der Waals surface area contributed by atoms with Crippen LogP contribution in [0.2, 0.25) is 0 Å². The maximum Gasteiger partial charge on any atom is 0.306 e. The van der Waals surface area contributed by atoms with Crippen molar-refractivity contribution in [3.63, 3.8) is 0 Å². The van der Waals surface area contributed by atoms with Gasteiger partial charge in [-0.2, -0.15) is 0 Å². The summed E-state index contributed by atoms with van der Waals surface area (Å²) in [5.74, 6) is -0.751. The third-order valence-corrected chi connectivity index (χ3v) is 2.56. The highest BCUT2D eigenvalue weighted by Crippen LogP contribution is 2.14. The number of hydrogen-bond donors (Lipinski definition) is 2. The van der Waals surface area contributed by atoms with E-state index in [4.69, 9.17) is 0 Å². The lowest BCUT2D eigenvalue weighted by atomic mass is 10.2. The van der Waals surface area contributed by atoms with E-state index in [1.54, 1.807) is 31.2 Å². The fourth-order valence-electron chi connectivity index (χ4n) is 1.43. The van der Waals surface area contributed by atoms with Gasteiger partial charge < -0.3 is 15.4 Å². The summed E-state index contributed by atoms with van der Waals surface area (Å²) >= 11 is 0. The Labute approximate surface area is 117 Å². The molecule has 1 aromatic carbocycles. The van der Waals surface area contributed by atoms with Crippen molar-refractivity contribution in [3.8, 4) is 0 Å². The topological polar surface area (TPSA) is 84.5 Å². The second-order valence-electron chi connectivity index (χ2n) is 4.10. The molecule has 0 aromatic heterocycles. The van der Waals surface area contributed by atoms with Crippen molar-refractivity contribution in [3.05, 3.63) is 24.3 Å². The third kappa shape index (κ3) is 5.51. The number of ether oxygens (including phenoxy) is 1. The summed E-state index contributed by atoms with van der Waals surface area (Å²) < 4.78 is 4.45. The van der Waals surface area contributed by atoms with Gasteiger partial charge in [0.2, 0.25) is 11.8 Å². The van der Waals surface area contributed by atoms with Gasteiger partial charge in [-0.05, 0) is 24.3 Å². The number of esters is 1. The summed E-state index contributed by atoms with van der Waals surface area (Å²) in [6.07, 6.45) is 0.528. The molecule has 0 radical (unpaired) electrons. The van der Waals surface area contributed by atoms with Crippen molar-refractivity contribution in [2.24, 2.45) is 0 Å². The first-order valence-corrected chi connectivity index (χ1v) is 6.31. The maximum atomic E-state index is 11.6. The Bertz CT molecular complexity index is 482. The highest BCUT2D eigenvalue weighted by Gasteiger charge is 2.07. The van der Waals surface area contributed by atoms with Crippen LogP contribution in [0.25, 0.3) is 0 Å². The SMILES string of the molecule is CCC(=O)Nc1ccc(NC(=O)CCC(=O)OC)cc1. The van der Waals surface area contributed by atoms with E-state index in [-0.39, 0.29) is 24.7 Å². The van der Waals surface area contributed by atoms with Gasteiger partial charge in [0.1, 0.15) is 0 Å². The Balaban J connectivity index is 2.46. The second kappa shape index (κ2) is 7.93. The molecule has 0 heterocycles. The van der Waals surface area contributed by atoms with Crippen molar-refractivity contribution in [1.82, 2.24) is 0 Å². The molecule has 0 saturated heterocycles. The molecule has 0 atom stereocenters. The summed E-state index contributed by atoms with van der Waals surface area (Å²) in [6.45, 7) is 1.77. The lowest BCUT2D eigenvalue weighted by Gasteiger charge is -2.07. The molecule has 0 bridgehead atoms. The molecule has 0 aliphatic rings. The van der Waals surface area contributed by atoms with Gasteiger partial charge in [-0.3, -0.25) is 14.4 Å². The normalized spacial score (nSPS) is 9.70. The van der Waals surface area contributed by atoms with Crippen molar-refractivity contribution < 1.29 is 19.1 Å². The molecule has 0 unspecified atom stereocenters. The molecule has 2 amide bonds. The van der Waals surface area contributed by atoms with Crippen molar-refractivity contribution in [2.75, 3.05) is 17.7 Å². The van der Waals surface area contributed by atoms with Gasteiger partial charge in [0.25, 0.3) is 0 Å². The predicted molar refractivity (Wildman–Crippen MR) is 75.2 cm³/mol. The number of benzene rings is 1. The number of rotatable bonds is 6. The fourth-order valence-corrected chi connectivity index (χ4v) is 1.43. The van der Waals surface area contributed by atoms with E-state index >= 15 is 0 Å². The zero-order chi connectivity index (χ0) is 15.0. The van der Waals surface area contributed by atoms with Crippen LogP contribution in [0.15, 0.2) is 24.3 Å². The van der Waals surface area contributed by atoms with Gasteiger partial charge in [-0.25, -0.2) is 0 Å². The third-order valence-electron chi connectivity index (χ3n) is 2.56. The summed E-state index contributed by atoms with van der Waals surface area (Å²) in [6, 6.07) is 6.76. The van der Waals surface area contributed by atoms with Crippen molar-refractivity contribution in [1.29, 1.82) is 0 Å². The molecule has 0 fully saturated rings. The molecule has 6 heteroatoms. The van der Waals surface area contributed by atoms with Gasteiger partial charge in [-0.1, -0.05) is 6.92 Å². The minimum Gasteiger partial charge on any atom is -0.469 e. The summed E-state index contributed by atoms with van der Waals surface area (Å²) in [5, 5.41) is 5.36. The van der Waals surface area contributed by atoms with E-state index in [0.29, 0.717) is 17.8 Å². The zero-order valence-electron chi connectivity index (χ0n) is 11.6. The number of amides is 2. The van der Waals surface area contributed by atoms with E-state index < -0.39 is 5.97 Å². The number of carbonyl (C=O) groups excluding carboxylic acids is 3. The number of hydrogen-bond acceptors (Lipinski definition) is 4. The molecular formula is C14H18N2O4. The van der Waals surface area contributed by atoms with Crippen molar-refractivity contribution >= 4 is 29.2 Å². The summed E-state index contributed by atoms with van der Waals surface area (Å²) in [5.41, 5.74) is 1.28. The largest absolute Gasteiger partial charge is 0.469 e. The van der Waals surface area contributed by atoms with Gasteiger partial charge in [0.15, 0.2) is 0 Å². The Morgan fingerprint density at radius 1 is 0.950 bits per heavy atom. The number of carbonyl (C=O) groups is 3. The van der Waals surface area contributed by atoms with Gasteiger partial charge in [0, 0.05) is 24.2 Å². The number of methoxy groups -OCH3 is 1. The van der Waals surface area contributed by atoms with E-state index in [2.05, 4.69) is 15.4 Å². The predicted octanol–water partition coefficient (Wildman–Crippen LogP) is 1.93. The molecular weight excluding hydrogens is 260 g/mol. The van der Waals surface area contributed by atoms with Gasteiger partial charge >= 0.3 is 5.97 Å². The monoisotopic (exact) mass is 278 g/mol. The van der Waals surface area contributed by atoms with Crippen LogP contribution in [0, 0.1) is 0 Å². The van der Waals surface area contributed by atoms with Gasteiger partial charge in [-0.15, -0.1) is 0 Å². The highest BCUT2D eigenvalue weighted by atomic mass is 16.5. The van der Waals surface area contributed by atoms with Crippen LogP contribution in [0.1, 0.15) is 26.2 Å². The fraction of sp³-hybridized carbons (Fsp3) is 0.357. The molecule has 20 heavy (non-hydrogen) atoms. The molecule has 0 spiro atoms. The van der Waals surface area contributed by atoms with Gasteiger partial charge in [0.05, 0.1) is 13.5 Å². The van der Waals surface area contributed by atoms with Crippen LogP contribution < -0.4 is 10.6 Å². The molecule has 0 aliphatic carbocycles. The molecule has 1 rings (SSSR count). The van der Waals surface area contributed by atoms with Crippen LogP contribution in [0.3, 0.4) is 0 Å². The lowest BCUT2D eigenvalue weighted by Crippen LogP contribution is -2.14. The Kier molecular flexibility index (Phi) is 6.22. The van der Waals surface area contributed by atoms with E-state index in [1.165, 1.54) is 7.11 Å². The Morgan fingerprint density at radius 2 is 1.45 bits per heavy atom. The van der Waals surface area contributed by atoms with Crippen LogP contribution in [-0.2, 0) is 19.1 Å². The summed E-state index contributed by atoms with van der Waals surface area (Å²) in [7, 11) is 1.28. The standard InChI is InChI=1S/C14H18N2O4/c1-3-12(17)15-10-4-6-11(7-5-10)16-13(18)8-9-14(19)20-2/h4-7H,3,8-9H2,1-2H3,(H,15,17)(H,16,18). The van der Waals surface area contributed by atoms with E-state index in [0.717, 1.165) is 0 Å². The van der Waals surface area contributed by atoms with Crippen LogP contribution in [0.5, 0.6) is 0 Å². The Morgan fingerprint density at radius 3 is 1.90 bits per heavy atom. The average molecular weight is 278 g/mol. The number of anilines is 2. The van der Waals surface area contributed by atoms with E-state index in [9.17, 15) is 14.4 Å². The molecule has 0 aliphatic heterocycles. The van der Waals surface area contributed by atoms with Crippen LogP contribution >= 0.6 is 0 Å². The van der Waals surface area contributed by atoms with Crippen LogP contribution in [-0.4, -0.2) is 24.9 Å².